The molecule has 6 bridgehead atoms. The van der Waals surface area contributed by atoms with E-state index >= 15 is 0 Å². The molecule has 1 saturated heterocycles. The minimum Gasteiger partial charge on any atom is -0.493 e. The van der Waals surface area contributed by atoms with E-state index in [1.165, 1.54) is 0 Å². The number of rotatable bonds is 1. The van der Waals surface area contributed by atoms with Crippen molar-refractivity contribution in [2.75, 3.05) is 37.7 Å². The minimum atomic E-state index is 0.502. The van der Waals surface area contributed by atoms with E-state index in [9.17, 15) is 0 Å². The molecule has 2 aromatic heterocycles. The third-order valence-electron chi connectivity index (χ3n) is 4.73. The monoisotopic (exact) mass is 349 g/mol. The van der Waals surface area contributed by atoms with Gasteiger partial charge in [-0.15, -0.1) is 0 Å². The number of fused-ring (bicyclic) bond motifs is 4. The summed E-state index contributed by atoms with van der Waals surface area (Å²) in [6.45, 7) is 4.14. The van der Waals surface area contributed by atoms with Crippen molar-refractivity contribution in [2.45, 2.75) is 6.42 Å². The smallest absolute Gasteiger partial charge is 0.264 e. The van der Waals surface area contributed by atoms with Crippen LogP contribution in [-0.2, 0) is 6.42 Å². The van der Waals surface area contributed by atoms with Gasteiger partial charge in [0.1, 0.15) is 5.75 Å². The summed E-state index contributed by atoms with van der Waals surface area (Å²) in [7, 11) is 0. The summed E-state index contributed by atoms with van der Waals surface area (Å²) in [4.78, 5) is 16.0. The number of nitrogens with one attached hydrogen (secondary N) is 1. The molecule has 0 spiro atoms. The summed E-state index contributed by atoms with van der Waals surface area (Å²) in [5, 5.41) is 5.26. The first-order valence-corrected chi connectivity index (χ1v) is 8.88. The van der Waals surface area contributed by atoms with Crippen molar-refractivity contribution in [1.82, 2.24) is 20.3 Å². The predicted octanol–water partition coefficient (Wildman–Crippen LogP) is 2.16. The van der Waals surface area contributed by atoms with Crippen LogP contribution < -0.4 is 19.7 Å². The summed E-state index contributed by atoms with van der Waals surface area (Å²) in [6, 6.07) is 7.87. The van der Waals surface area contributed by atoms with Crippen molar-refractivity contribution in [3.8, 4) is 17.5 Å². The van der Waals surface area contributed by atoms with E-state index in [1.54, 1.807) is 12.4 Å². The molecule has 26 heavy (non-hydrogen) atoms. The van der Waals surface area contributed by atoms with Gasteiger partial charge in [-0.2, -0.15) is 0 Å². The Morgan fingerprint density at radius 1 is 1.00 bits per heavy atom. The molecular formula is C19H19N5O2. The van der Waals surface area contributed by atoms with Gasteiger partial charge in [-0.1, -0.05) is 6.07 Å². The lowest BCUT2D eigenvalue weighted by molar-refractivity contribution is 0.323. The first kappa shape index (κ1) is 15.3. The van der Waals surface area contributed by atoms with E-state index in [2.05, 4.69) is 20.2 Å². The standard InChI is InChI=1S/C19H19N5O2/c1-2-15-14-4-6-21-18(15)26-19-17(24-9-7-20-8-10-24)23-13(12-22-19)5-11-25-16(14)3-1/h1-4,6,12,20H,5,7-11H2. The summed E-state index contributed by atoms with van der Waals surface area (Å²) in [5.74, 6) is 2.63. The Morgan fingerprint density at radius 2 is 1.92 bits per heavy atom. The van der Waals surface area contributed by atoms with Gasteiger partial charge in [0.2, 0.25) is 5.88 Å². The molecule has 0 radical (unpaired) electrons. The fourth-order valence-corrected chi connectivity index (χ4v) is 3.39. The van der Waals surface area contributed by atoms with Crippen molar-refractivity contribution < 1.29 is 9.47 Å². The SMILES string of the molecule is c1cc2c3ccnc(c3c1)Oc1ncc(nc1N1CCNCC1)CCO2. The number of nitrogens with zero attached hydrogens (tertiary/aromatic N) is 4. The second-order valence-corrected chi connectivity index (χ2v) is 6.40. The molecule has 0 amide bonds. The second-order valence-electron chi connectivity index (χ2n) is 6.40. The van der Waals surface area contributed by atoms with Crippen LogP contribution in [0.25, 0.3) is 10.8 Å². The summed E-state index contributed by atoms with van der Waals surface area (Å²) >= 11 is 0. The molecule has 5 heterocycles. The van der Waals surface area contributed by atoms with Crippen LogP contribution in [-0.4, -0.2) is 47.7 Å². The lowest BCUT2D eigenvalue weighted by Gasteiger charge is -2.29. The van der Waals surface area contributed by atoms with Crippen molar-refractivity contribution in [3.63, 3.8) is 0 Å². The van der Waals surface area contributed by atoms with Crippen molar-refractivity contribution in [3.05, 3.63) is 42.4 Å². The minimum absolute atomic E-state index is 0.502. The highest BCUT2D eigenvalue weighted by Gasteiger charge is 2.21. The molecule has 132 valence electrons. The first-order chi connectivity index (χ1) is 12.9. The molecule has 6 rings (SSSR count). The number of hydrogen-bond donors (Lipinski definition) is 1. The van der Waals surface area contributed by atoms with Crippen LogP contribution in [0.4, 0.5) is 5.82 Å². The number of piperazine rings is 1. The molecule has 1 fully saturated rings. The van der Waals surface area contributed by atoms with Crippen LogP contribution in [0.15, 0.2) is 36.7 Å². The Labute approximate surface area is 151 Å². The van der Waals surface area contributed by atoms with Gasteiger partial charge in [-0.3, -0.25) is 0 Å². The third kappa shape index (κ3) is 2.70. The lowest BCUT2D eigenvalue weighted by atomic mass is 10.1. The number of pyridine rings is 1. The van der Waals surface area contributed by atoms with Gasteiger partial charge in [0.05, 0.1) is 18.5 Å². The molecule has 3 aliphatic heterocycles. The van der Waals surface area contributed by atoms with Gasteiger partial charge >= 0.3 is 0 Å². The third-order valence-corrected chi connectivity index (χ3v) is 4.73. The van der Waals surface area contributed by atoms with Gasteiger partial charge in [0.15, 0.2) is 5.82 Å². The molecule has 0 unspecified atom stereocenters. The zero-order chi connectivity index (χ0) is 17.3. The fourth-order valence-electron chi connectivity index (χ4n) is 3.39. The van der Waals surface area contributed by atoms with E-state index in [0.29, 0.717) is 24.8 Å². The van der Waals surface area contributed by atoms with Crippen molar-refractivity contribution in [2.24, 2.45) is 0 Å². The number of anilines is 1. The van der Waals surface area contributed by atoms with Crippen LogP contribution in [0.5, 0.6) is 17.5 Å². The fraction of sp³-hybridized carbons (Fsp3) is 0.316. The Morgan fingerprint density at radius 3 is 2.85 bits per heavy atom. The van der Waals surface area contributed by atoms with E-state index in [1.807, 2.05) is 24.3 Å². The molecule has 3 aromatic rings. The van der Waals surface area contributed by atoms with Crippen molar-refractivity contribution >= 4 is 16.6 Å². The van der Waals surface area contributed by atoms with E-state index in [-0.39, 0.29) is 0 Å². The lowest BCUT2D eigenvalue weighted by Crippen LogP contribution is -2.44. The zero-order valence-corrected chi connectivity index (χ0v) is 14.3. The Bertz CT molecular complexity index is 956. The van der Waals surface area contributed by atoms with Gasteiger partial charge in [-0.05, 0) is 18.2 Å². The Balaban J connectivity index is 1.66. The highest BCUT2D eigenvalue weighted by molar-refractivity contribution is 5.92. The highest BCUT2D eigenvalue weighted by Crippen LogP contribution is 2.35. The molecular weight excluding hydrogens is 330 g/mol. The van der Waals surface area contributed by atoms with Crippen LogP contribution in [0.3, 0.4) is 0 Å². The van der Waals surface area contributed by atoms with Crippen LogP contribution in [0.2, 0.25) is 0 Å². The first-order valence-electron chi connectivity index (χ1n) is 8.88. The van der Waals surface area contributed by atoms with E-state index in [0.717, 1.165) is 54.2 Å². The van der Waals surface area contributed by atoms with Gasteiger partial charge in [-0.25, -0.2) is 15.0 Å². The Hall–Kier alpha value is -2.93. The molecule has 0 saturated carbocycles. The molecule has 3 aliphatic rings. The summed E-state index contributed by atoms with van der Waals surface area (Å²) in [6.07, 6.45) is 4.20. The average Bonchev–Trinajstić information content (AvgIpc) is 2.70. The molecule has 7 heteroatoms. The second kappa shape index (κ2) is 6.42. The largest absolute Gasteiger partial charge is 0.493 e. The van der Waals surface area contributed by atoms with Gasteiger partial charge in [0, 0.05) is 49.6 Å². The van der Waals surface area contributed by atoms with Gasteiger partial charge in [0.25, 0.3) is 5.88 Å². The van der Waals surface area contributed by atoms with Gasteiger partial charge < -0.3 is 19.7 Å². The maximum Gasteiger partial charge on any atom is 0.264 e. The predicted molar refractivity (Wildman–Crippen MR) is 98.1 cm³/mol. The number of ether oxygens (including phenoxy) is 2. The number of hydrogen-bond acceptors (Lipinski definition) is 7. The maximum absolute atomic E-state index is 6.15. The van der Waals surface area contributed by atoms with Crippen LogP contribution in [0.1, 0.15) is 5.69 Å². The topological polar surface area (TPSA) is 72.4 Å². The Kier molecular flexibility index (Phi) is 3.79. The number of aromatic nitrogens is 3. The molecule has 1 aromatic carbocycles. The summed E-state index contributed by atoms with van der Waals surface area (Å²) < 4.78 is 12.2. The highest BCUT2D eigenvalue weighted by atomic mass is 16.5. The molecule has 1 N–H and O–H groups in total. The summed E-state index contributed by atoms with van der Waals surface area (Å²) in [5.41, 5.74) is 0.898. The maximum atomic E-state index is 6.15. The van der Waals surface area contributed by atoms with E-state index in [4.69, 9.17) is 14.5 Å². The molecule has 7 nitrogen and oxygen atoms in total. The molecule has 0 atom stereocenters. The quantitative estimate of drug-likeness (QED) is 0.722. The zero-order valence-electron chi connectivity index (χ0n) is 14.3. The van der Waals surface area contributed by atoms with Crippen molar-refractivity contribution in [1.29, 1.82) is 0 Å². The van der Waals surface area contributed by atoms with Crippen LogP contribution >= 0.6 is 0 Å². The van der Waals surface area contributed by atoms with Crippen LogP contribution in [0, 0.1) is 0 Å². The number of benzene rings is 1. The molecule has 0 aliphatic carbocycles. The average molecular weight is 349 g/mol. The van der Waals surface area contributed by atoms with E-state index < -0.39 is 0 Å². The normalized spacial score (nSPS) is 16.7.